The lowest BCUT2D eigenvalue weighted by molar-refractivity contribution is 0.871. The Bertz CT molecular complexity index is 632. The van der Waals surface area contributed by atoms with Crippen molar-refractivity contribution in [2.24, 2.45) is 0 Å². The van der Waals surface area contributed by atoms with E-state index in [4.69, 9.17) is 5.26 Å². The summed E-state index contributed by atoms with van der Waals surface area (Å²) < 4.78 is 1.05. The van der Waals surface area contributed by atoms with Crippen molar-refractivity contribution >= 4 is 21.7 Å². The van der Waals surface area contributed by atoms with Crippen LogP contribution in [-0.2, 0) is 0 Å². The number of benzene rings is 1. The summed E-state index contributed by atoms with van der Waals surface area (Å²) in [5.74, 6) is 0.726. The number of nitrogens with one attached hydrogen (secondary N) is 1. The van der Waals surface area contributed by atoms with Gasteiger partial charge in [-0.2, -0.15) is 5.26 Å². The Morgan fingerprint density at radius 2 is 2.11 bits per heavy atom. The first-order chi connectivity index (χ1) is 9.08. The molecular formula is C15H14BrN3. The minimum atomic E-state index is 0.123. The first-order valence-electron chi connectivity index (χ1n) is 5.99. The molecule has 1 aromatic carbocycles. The standard InChI is InChI=1S/C15H14BrN3/c1-10-6-12(9-17)7-15(18-10)19-11(2)13-4-3-5-14(16)8-13/h3-8,11H,1-2H3,(H,18,19). The molecule has 1 heterocycles. The third-order valence-corrected chi connectivity index (χ3v) is 3.29. The molecule has 0 aliphatic heterocycles. The molecule has 0 amide bonds. The van der Waals surface area contributed by atoms with Crippen LogP contribution in [-0.4, -0.2) is 4.98 Å². The van der Waals surface area contributed by atoms with Crippen LogP contribution in [0.1, 0.15) is 29.8 Å². The van der Waals surface area contributed by atoms with Crippen molar-refractivity contribution in [1.29, 1.82) is 5.26 Å². The average Bonchev–Trinajstić information content (AvgIpc) is 2.38. The van der Waals surface area contributed by atoms with E-state index in [0.29, 0.717) is 5.56 Å². The number of nitriles is 1. The number of anilines is 1. The van der Waals surface area contributed by atoms with Gasteiger partial charge in [-0.1, -0.05) is 28.1 Å². The van der Waals surface area contributed by atoms with Crippen molar-refractivity contribution in [2.45, 2.75) is 19.9 Å². The molecular weight excluding hydrogens is 302 g/mol. The van der Waals surface area contributed by atoms with Gasteiger partial charge in [-0.25, -0.2) is 4.98 Å². The Hall–Kier alpha value is -1.86. The number of halogens is 1. The number of aryl methyl sites for hydroxylation is 1. The summed E-state index contributed by atoms with van der Waals surface area (Å²) in [6, 6.07) is 13.9. The molecule has 0 bridgehead atoms. The molecule has 2 aromatic rings. The van der Waals surface area contributed by atoms with Crippen LogP contribution in [0.15, 0.2) is 40.9 Å². The van der Waals surface area contributed by atoms with E-state index in [1.54, 1.807) is 12.1 Å². The summed E-state index contributed by atoms with van der Waals surface area (Å²) in [5, 5.41) is 12.3. The molecule has 0 fully saturated rings. The number of aromatic nitrogens is 1. The van der Waals surface area contributed by atoms with E-state index in [2.05, 4.69) is 51.4 Å². The van der Waals surface area contributed by atoms with Crippen LogP contribution in [0.5, 0.6) is 0 Å². The summed E-state index contributed by atoms with van der Waals surface area (Å²) in [6.07, 6.45) is 0. The predicted octanol–water partition coefficient (Wildman–Crippen LogP) is 4.20. The maximum atomic E-state index is 8.96. The van der Waals surface area contributed by atoms with Gasteiger partial charge in [0, 0.05) is 16.2 Å². The van der Waals surface area contributed by atoms with E-state index in [1.165, 1.54) is 0 Å². The van der Waals surface area contributed by atoms with Gasteiger partial charge in [0.2, 0.25) is 0 Å². The van der Waals surface area contributed by atoms with E-state index in [9.17, 15) is 0 Å². The summed E-state index contributed by atoms with van der Waals surface area (Å²) in [6.45, 7) is 3.95. The van der Waals surface area contributed by atoms with E-state index in [0.717, 1.165) is 21.5 Å². The second-order valence-corrected chi connectivity index (χ2v) is 5.33. The molecule has 0 spiro atoms. The van der Waals surface area contributed by atoms with Gasteiger partial charge in [-0.15, -0.1) is 0 Å². The van der Waals surface area contributed by atoms with Crippen molar-refractivity contribution < 1.29 is 0 Å². The Labute approximate surface area is 121 Å². The molecule has 19 heavy (non-hydrogen) atoms. The molecule has 1 unspecified atom stereocenters. The fourth-order valence-electron chi connectivity index (χ4n) is 1.89. The first kappa shape index (κ1) is 13.6. The van der Waals surface area contributed by atoms with Gasteiger partial charge in [0.05, 0.1) is 11.6 Å². The van der Waals surface area contributed by atoms with Gasteiger partial charge in [-0.3, -0.25) is 0 Å². The average molecular weight is 316 g/mol. The van der Waals surface area contributed by atoms with E-state index in [1.807, 2.05) is 19.1 Å². The van der Waals surface area contributed by atoms with Gasteiger partial charge >= 0.3 is 0 Å². The Morgan fingerprint density at radius 1 is 1.32 bits per heavy atom. The fraction of sp³-hybridized carbons (Fsp3) is 0.200. The minimum Gasteiger partial charge on any atom is -0.364 e. The van der Waals surface area contributed by atoms with Gasteiger partial charge in [0.15, 0.2) is 0 Å². The lowest BCUT2D eigenvalue weighted by atomic mass is 10.1. The lowest BCUT2D eigenvalue weighted by Gasteiger charge is -2.15. The van der Waals surface area contributed by atoms with E-state index < -0.39 is 0 Å². The molecule has 0 radical (unpaired) electrons. The van der Waals surface area contributed by atoms with E-state index >= 15 is 0 Å². The molecule has 3 nitrogen and oxygen atoms in total. The monoisotopic (exact) mass is 315 g/mol. The molecule has 2 rings (SSSR count). The third kappa shape index (κ3) is 3.55. The fourth-order valence-corrected chi connectivity index (χ4v) is 2.31. The summed E-state index contributed by atoms with van der Waals surface area (Å²) >= 11 is 3.46. The maximum Gasteiger partial charge on any atom is 0.127 e. The molecule has 1 N–H and O–H groups in total. The van der Waals surface area contributed by atoms with Crippen molar-refractivity contribution in [3.63, 3.8) is 0 Å². The highest BCUT2D eigenvalue weighted by Gasteiger charge is 2.07. The van der Waals surface area contributed by atoms with Crippen LogP contribution >= 0.6 is 15.9 Å². The largest absolute Gasteiger partial charge is 0.364 e. The molecule has 1 atom stereocenters. The van der Waals surface area contributed by atoms with Crippen molar-refractivity contribution in [2.75, 3.05) is 5.32 Å². The highest BCUT2D eigenvalue weighted by atomic mass is 79.9. The number of hydrogen-bond acceptors (Lipinski definition) is 3. The van der Waals surface area contributed by atoms with Crippen LogP contribution in [0, 0.1) is 18.3 Å². The first-order valence-corrected chi connectivity index (χ1v) is 6.78. The minimum absolute atomic E-state index is 0.123. The molecule has 4 heteroatoms. The highest BCUT2D eigenvalue weighted by Crippen LogP contribution is 2.21. The maximum absolute atomic E-state index is 8.96. The van der Waals surface area contributed by atoms with Crippen LogP contribution in [0.25, 0.3) is 0 Å². The molecule has 0 aliphatic carbocycles. The number of rotatable bonds is 3. The lowest BCUT2D eigenvalue weighted by Crippen LogP contribution is -2.08. The Kier molecular flexibility index (Phi) is 4.18. The van der Waals surface area contributed by atoms with Crippen LogP contribution in [0.4, 0.5) is 5.82 Å². The normalized spacial score (nSPS) is 11.7. The number of hydrogen-bond donors (Lipinski definition) is 1. The Morgan fingerprint density at radius 3 is 2.79 bits per heavy atom. The second kappa shape index (κ2) is 5.85. The van der Waals surface area contributed by atoms with Crippen LogP contribution in [0.3, 0.4) is 0 Å². The van der Waals surface area contributed by atoms with Gasteiger partial charge < -0.3 is 5.32 Å². The molecule has 0 aliphatic rings. The third-order valence-electron chi connectivity index (χ3n) is 2.80. The summed E-state index contributed by atoms with van der Waals surface area (Å²) in [5.41, 5.74) is 2.62. The van der Waals surface area contributed by atoms with Crippen molar-refractivity contribution in [3.05, 3.63) is 57.7 Å². The summed E-state index contributed by atoms with van der Waals surface area (Å²) in [4.78, 5) is 4.40. The molecule has 0 saturated carbocycles. The smallest absolute Gasteiger partial charge is 0.127 e. The molecule has 1 aromatic heterocycles. The van der Waals surface area contributed by atoms with Crippen LogP contribution in [0.2, 0.25) is 0 Å². The summed E-state index contributed by atoms with van der Waals surface area (Å²) in [7, 11) is 0. The second-order valence-electron chi connectivity index (χ2n) is 4.42. The highest BCUT2D eigenvalue weighted by molar-refractivity contribution is 9.10. The van der Waals surface area contributed by atoms with Gasteiger partial charge in [0.25, 0.3) is 0 Å². The quantitative estimate of drug-likeness (QED) is 0.923. The van der Waals surface area contributed by atoms with Crippen molar-refractivity contribution in [1.82, 2.24) is 4.98 Å². The van der Waals surface area contributed by atoms with E-state index in [-0.39, 0.29) is 6.04 Å². The van der Waals surface area contributed by atoms with Gasteiger partial charge in [0.1, 0.15) is 5.82 Å². The molecule has 0 saturated heterocycles. The Balaban J connectivity index is 2.21. The number of nitrogens with zero attached hydrogens (tertiary/aromatic N) is 2. The molecule has 96 valence electrons. The van der Waals surface area contributed by atoms with Crippen molar-refractivity contribution in [3.8, 4) is 6.07 Å². The van der Waals surface area contributed by atoms with Gasteiger partial charge in [-0.05, 0) is 43.7 Å². The number of pyridine rings is 1. The zero-order valence-corrected chi connectivity index (χ0v) is 12.4. The van der Waals surface area contributed by atoms with Crippen LogP contribution < -0.4 is 5.32 Å². The zero-order chi connectivity index (χ0) is 13.8. The zero-order valence-electron chi connectivity index (χ0n) is 10.8. The predicted molar refractivity (Wildman–Crippen MR) is 79.9 cm³/mol. The topological polar surface area (TPSA) is 48.7 Å². The SMILES string of the molecule is Cc1cc(C#N)cc(NC(C)c2cccc(Br)c2)n1.